The van der Waals surface area contributed by atoms with Crippen LogP contribution in [0.15, 0.2) is 47.1 Å². The molecule has 0 unspecified atom stereocenters. The van der Waals surface area contributed by atoms with E-state index in [1.807, 2.05) is 0 Å². The number of aromatic nitrogens is 1. The number of aromatic amines is 1. The van der Waals surface area contributed by atoms with Crippen molar-refractivity contribution in [3.63, 3.8) is 0 Å². The van der Waals surface area contributed by atoms with E-state index in [0.29, 0.717) is 12.0 Å². The Labute approximate surface area is 138 Å². The number of hydrogen-bond acceptors (Lipinski definition) is 1. The number of nitrogens with zero attached hydrogens (tertiary/aromatic N) is 1. The highest BCUT2D eigenvalue weighted by Crippen LogP contribution is 2.47. The number of hydrogen-bond donors (Lipinski definition) is 1. The van der Waals surface area contributed by atoms with Gasteiger partial charge in [0, 0.05) is 29.4 Å². The Kier molecular flexibility index (Phi) is 2.62. The average Bonchev–Trinajstić information content (AvgIpc) is 2.85. The zero-order valence-electron chi connectivity index (χ0n) is 12.4. The molecule has 5 rings (SSSR count). The molecule has 0 radical (unpaired) electrons. The molecule has 1 aliphatic heterocycles. The summed E-state index contributed by atoms with van der Waals surface area (Å²) in [5, 5.41) is 1.43. The van der Waals surface area contributed by atoms with Crippen LogP contribution in [0.2, 0.25) is 0 Å². The summed E-state index contributed by atoms with van der Waals surface area (Å²) in [4.78, 5) is 6.03. The SMILES string of the molecule is CN1Cc2ccccc2[C@@H]2c3cccc4[nH]c(Br)c(c34)C[C@H]21. The first kappa shape index (κ1) is 12.9. The molecule has 0 spiro atoms. The molecular formula is C19H17BrN2. The van der Waals surface area contributed by atoms with Crippen LogP contribution in [0.3, 0.4) is 0 Å². The average molecular weight is 353 g/mol. The van der Waals surface area contributed by atoms with Crippen molar-refractivity contribution in [2.75, 3.05) is 7.05 Å². The van der Waals surface area contributed by atoms with E-state index in [4.69, 9.17) is 0 Å². The zero-order chi connectivity index (χ0) is 14.8. The maximum absolute atomic E-state index is 3.73. The van der Waals surface area contributed by atoms with E-state index in [-0.39, 0.29) is 0 Å². The van der Waals surface area contributed by atoms with Gasteiger partial charge in [0.25, 0.3) is 0 Å². The lowest BCUT2D eigenvalue weighted by molar-refractivity contribution is 0.193. The molecule has 0 amide bonds. The van der Waals surface area contributed by atoms with Gasteiger partial charge in [-0.05, 0) is 57.7 Å². The van der Waals surface area contributed by atoms with E-state index in [0.717, 1.165) is 17.6 Å². The molecule has 2 atom stereocenters. The minimum absolute atomic E-state index is 0.480. The Morgan fingerprint density at radius 2 is 1.91 bits per heavy atom. The molecule has 3 aromatic rings. The Bertz CT molecular complexity index is 896. The number of likely N-dealkylation sites (N-methyl/N-ethyl adjacent to an activating group) is 1. The maximum atomic E-state index is 3.73. The summed E-state index contributed by atoms with van der Waals surface area (Å²) in [5.74, 6) is 0.480. The van der Waals surface area contributed by atoms with Crippen LogP contribution in [0.25, 0.3) is 10.9 Å². The van der Waals surface area contributed by atoms with E-state index in [9.17, 15) is 0 Å². The van der Waals surface area contributed by atoms with Gasteiger partial charge in [-0.2, -0.15) is 0 Å². The van der Waals surface area contributed by atoms with Crippen molar-refractivity contribution < 1.29 is 0 Å². The summed E-state index contributed by atoms with van der Waals surface area (Å²) in [6, 6.07) is 16.2. The Hall–Kier alpha value is -1.58. The van der Waals surface area contributed by atoms with Crippen LogP contribution in [-0.4, -0.2) is 23.0 Å². The molecule has 0 saturated heterocycles. The van der Waals surface area contributed by atoms with Crippen molar-refractivity contribution >= 4 is 26.8 Å². The van der Waals surface area contributed by atoms with Gasteiger partial charge in [-0.25, -0.2) is 0 Å². The van der Waals surface area contributed by atoms with Gasteiger partial charge in [-0.3, -0.25) is 4.90 Å². The summed E-state index contributed by atoms with van der Waals surface area (Å²) >= 11 is 3.73. The van der Waals surface area contributed by atoms with Gasteiger partial charge >= 0.3 is 0 Å². The molecular weight excluding hydrogens is 336 g/mol. The molecule has 0 bridgehead atoms. The van der Waals surface area contributed by atoms with E-state index >= 15 is 0 Å². The number of H-pyrrole nitrogens is 1. The summed E-state index contributed by atoms with van der Waals surface area (Å²) in [5.41, 5.74) is 7.16. The molecule has 1 aromatic heterocycles. The molecule has 22 heavy (non-hydrogen) atoms. The zero-order valence-corrected chi connectivity index (χ0v) is 14.0. The number of nitrogens with one attached hydrogen (secondary N) is 1. The van der Waals surface area contributed by atoms with Crippen molar-refractivity contribution in [3.05, 3.63) is 69.3 Å². The topological polar surface area (TPSA) is 19.0 Å². The minimum atomic E-state index is 0.480. The maximum Gasteiger partial charge on any atom is 0.0864 e. The molecule has 2 nitrogen and oxygen atoms in total. The molecule has 1 N–H and O–H groups in total. The van der Waals surface area contributed by atoms with Gasteiger partial charge in [0.2, 0.25) is 0 Å². The van der Waals surface area contributed by atoms with Crippen LogP contribution in [0, 0.1) is 0 Å². The third kappa shape index (κ3) is 1.58. The fourth-order valence-electron chi connectivity index (χ4n) is 4.45. The second kappa shape index (κ2) is 4.46. The lowest BCUT2D eigenvalue weighted by Crippen LogP contribution is -2.44. The van der Waals surface area contributed by atoms with Crippen LogP contribution in [-0.2, 0) is 13.0 Å². The standard InChI is InChI=1S/C19H17BrN2/c1-22-10-11-5-2-3-6-12(11)18-13-7-4-8-15-17(13)14(9-16(18)22)19(20)21-15/h2-8,16,18,21H,9-10H2,1H3/t16-,18-/m1/s1. The predicted molar refractivity (Wildman–Crippen MR) is 93.2 cm³/mol. The molecule has 2 aliphatic rings. The number of fused-ring (bicyclic) bond motifs is 4. The highest BCUT2D eigenvalue weighted by Gasteiger charge is 2.39. The van der Waals surface area contributed by atoms with Crippen LogP contribution in [0.4, 0.5) is 0 Å². The molecule has 3 heteroatoms. The Morgan fingerprint density at radius 3 is 2.82 bits per heavy atom. The van der Waals surface area contributed by atoms with Crippen LogP contribution < -0.4 is 0 Å². The van der Waals surface area contributed by atoms with Crippen molar-refractivity contribution in [2.45, 2.75) is 24.9 Å². The number of halogens is 1. The van der Waals surface area contributed by atoms with Gasteiger partial charge in [0.1, 0.15) is 0 Å². The highest BCUT2D eigenvalue weighted by atomic mass is 79.9. The second-order valence-electron chi connectivity index (χ2n) is 6.55. The van der Waals surface area contributed by atoms with Gasteiger partial charge < -0.3 is 4.98 Å². The van der Waals surface area contributed by atoms with Crippen molar-refractivity contribution in [2.24, 2.45) is 0 Å². The lowest BCUT2D eigenvalue weighted by Gasteiger charge is -2.43. The van der Waals surface area contributed by atoms with E-state index in [1.54, 1.807) is 0 Å². The first-order valence-corrected chi connectivity index (χ1v) is 8.60. The quantitative estimate of drug-likeness (QED) is 0.633. The molecule has 110 valence electrons. The molecule has 0 fully saturated rings. The Morgan fingerprint density at radius 1 is 1.09 bits per heavy atom. The number of rotatable bonds is 0. The second-order valence-corrected chi connectivity index (χ2v) is 7.34. The van der Waals surface area contributed by atoms with Crippen LogP contribution >= 0.6 is 15.9 Å². The molecule has 0 saturated carbocycles. The third-order valence-electron chi connectivity index (χ3n) is 5.42. The van der Waals surface area contributed by atoms with E-state index in [2.05, 4.69) is 75.3 Å². The van der Waals surface area contributed by atoms with Crippen molar-refractivity contribution in [1.82, 2.24) is 9.88 Å². The van der Waals surface area contributed by atoms with Gasteiger partial charge in [-0.15, -0.1) is 0 Å². The first-order chi connectivity index (χ1) is 10.7. The highest BCUT2D eigenvalue weighted by molar-refractivity contribution is 9.10. The largest absolute Gasteiger partial charge is 0.349 e. The summed E-state index contributed by atoms with van der Waals surface area (Å²) < 4.78 is 1.15. The van der Waals surface area contributed by atoms with Crippen LogP contribution in [0.5, 0.6) is 0 Å². The monoisotopic (exact) mass is 352 g/mol. The third-order valence-corrected chi connectivity index (χ3v) is 6.09. The molecule has 1 aliphatic carbocycles. The molecule has 2 aromatic carbocycles. The summed E-state index contributed by atoms with van der Waals surface area (Å²) in [7, 11) is 2.26. The minimum Gasteiger partial charge on any atom is -0.349 e. The summed E-state index contributed by atoms with van der Waals surface area (Å²) in [6.45, 7) is 1.05. The Balaban J connectivity index is 1.85. The van der Waals surface area contributed by atoms with Crippen molar-refractivity contribution in [3.8, 4) is 0 Å². The smallest absolute Gasteiger partial charge is 0.0864 e. The molecule has 2 heterocycles. The lowest BCUT2D eigenvalue weighted by atomic mass is 9.72. The van der Waals surface area contributed by atoms with Crippen molar-refractivity contribution in [1.29, 1.82) is 0 Å². The fraction of sp³-hybridized carbons (Fsp3) is 0.263. The van der Waals surface area contributed by atoms with Crippen LogP contribution in [0.1, 0.15) is 28.2 Å². The van der Waals surface area contributed by atoms with Gasteiger partial charge in [0.05, 0.1) is 4.60 Å². The summed E-state index contributed by atoms with van der Waals surface area (Å²) in [6.07, 6.45) is 1.10. The van der Waals surface area contributed by atoms with Gasteiger partial charge in [0.15, 0.2) is 0 Å². The predicted octanol–water partition coefficient (Wildman–Crippen LogP) is 4.43. The normalized spacial score (nSPS) is 23.4. The first-order valence-electron chi connectivity index (χ1n) is 7.81. The van der Waals surface area contributed by atoms with E-state index < -0.39 is 0 Å². The number of benzene rings is 2. The van der Waals surface area contributed by atoms with Gasteiger partial charge in [-0.1, -0.05) is 36.4 Å². The van der Waals surface area contributed by atoms with E-state index in [1.165, 1.54) is 33.2 Å². The fourth-order valence-corrected chi connectivity index (χ4v) is 5.03.